The van der Waals surface area contributed by atoms with Gasteiger partial charge in [0.05, 0.1) is 12.1 Å². The van der Waals surface area contributed by atoms with Crippen LogP contribution >= 0.6 is 0 Å². The number of ether oxygens (including phenoxy) is 1. The second-order valence-corrected chi connectivity index (χ2v) is 6.54. The molecule has 4 nitrogen and oxygen atoms in total. The van der Waals surface area contributed by atoms with E-state index in [1.54, 1.807) is 7.11 Å². The van der Waals surface area contributed by atoms with E-state index in [2.05, 4.69) is 51.6 Å². The van der Waals surface area contributed by atoms with Crippen molar-refractivity contribution < 1.29 is 4.74 Å². The molecule has 0 heterocycles. The highest BCUT2D eigenvalue weighted by Crippen LogP contribution is 2.25. The number of nitrogens with zero attached hydrogens (tertiary/aromatic N) is 2. The van der Waals surface area contributed by atoms with Crippen LogP contribution in [-0.2, 0) is 4.74 Å². The fraction of sp³-hybridized carbons (Fsp3) is 1.00. The zero-order chi connectivity index (χ0) is 15.1. The molecule has 0 rings (SSSR count). The molecule has 0 fully saturated rings. The van der Waals surface area contributed by atoms with Gasteiger partial charge in [0.2, 0.25) is 0 Å². The molecule has 0 radical (unpaired) electrons. The molecule has 0 aliphatic carbocycles. The van der Waals surface area contributed by atoms with Crippen molar-refractivity contribution in [3.05, 3.63) is 0 Å². The van der Waals surface area contributed by atoms with Gasteiger partial charge in [-0.1, -0.05) is 27.7 Å². The Bertz CT molecular complexity index is 231. The summed E-state index contributed by atoms with van der Waals surface area (Å²) in [6, 6.07) is 0. The van der Waals surface area contributed by atoms with E-state index in [0.717, 1.165) is 19.6 Å². The van der Waals surface area contributed by atoms with E-state index in [9.17, 15) is 0 Å². The zero-order valence-electron chi connectivity index (χ0n) is 14.1. The molecular weight excluding hydrogens is 238 g/mol. The van der Waals surface area contributed by atoms with Crippen molar-refractivity contribution in [3.8, 4) is 0 Å². The van der Waals surface area contributed by atoms with Gasteiger partial charge in [0, 0.05) is 33.3 Å². The number of hydrogen-bond donors (Lipinski definition) is 1. The van der Waals surface area contributed by atoms with E-state index >= 15 is 0 Å². The second kappa shape index (κ2) is 8.90. The van der Waals surface area contributed by atoms with Crippen LogP contribution in [0.2, 0.25) is 0 Å². The van der Waals surface area contributed by atoms with Crippen molar-refractivity contribution in [2.24, 2.45) is 17.6 Å². The van der Waals surface area contributed by atoms with Crippen LogP contribution in [0.3, 0.4) is 0 Å². The Hall–Kier alpha value is -0.160. The highest BCUT2D eigenvalue weighted by molar-refractivity contribution is 4.95. The average Bonchev–Trinajstić information content (AvgIpc) is 2.30. The Morgan fingerprint density at radius 1 is 1.11 bits per heavy atom. The number of nitrogens with two attached hydrogens (primary N) is 1. The summed E-state index contributed by atoms with van der Waals surface area (Å²) in [6.45, 7) is 13.5. The van der Waals surface area contributed by atoms with Crippen molar-refractivity contribution in [3.63, 3.8) is 0 Å². The van der Waals surface area contributed by atoms with Gasteiger partial charge in [0.1, 0.15) is 0 Å². The predicted octanol–water partition coefficient (Wildman–Crippen LogP) is 1.51. The quantitative estimate of drug-likeness (QED) is 0.655. The van der Waals surface area contributed by atoms with Crippen molar-refractivity contribution in [2.75, 3.05) is 54.0 Å². The molecule has 0 amide bonds. The summed E-state index contributed by atoms with van der Waals surface area (Å²) < 4.78 is 5.49. The van der Waals surface area contributed by atoms with Gasteiger partial charge in [-0.25, -0.2) is 0 Å². The Labute approximate surface area is 120 Å². The molecule has 116 valence electrons. The monoisotopic (exact) mass is 273 g/mol. The minimum atomic E-state index is -0.0605. The van der Waals surface area contributed by atoms with E-state index in [-0.39, 0.29) is 5.54 Å². The van der Waals surface area contributed by atoms with Gasteiger partial charge in [-0.3, -0.25) is 4.90 Å². The molecule has 0 aromatic carbocycles. The first-order valence-corrected chi connectivity index (χ1v) is 7.39. The van der Waals surface area contributed by atoms with Gasteiger partial charge in [-0.05, 0) is 25.9 Å². The largest absolute Gasteiger partial charge is 0.383 e. The summed E-state index contributed by atoms with van der Waals surface area (Å²) in [5, 5.41) is 0. The van der Waals surface area contributed by atoms with Gasteiger partial charge in [0.25, 0.3) is 0 Å². The summed E-state index contributed by atoms with van der Waals surface area (Å²) in [7, 11) is 6.00. The summed E-state index contributed by atoms with van der Waals surface area (Å²) in [5.74, 6) is 1.10. The standard InChI is InChI=1S/C15H35N3O/c1-13(2)10-18(9-8-17(5)6)15(11-16,12-19-7)14(3)4/h13-14H,8-12,16H2,1-7H3. The lowest BCUT2D eigenvalue weighted by Gasteiger charge is -2.47. The van der Waals surface area contributed by atoms with Crippen LogP contribution in [0.15, 0.2) is 0 Å². The molecule has 0 aromatic heterocycles. The lowest BCUT2D eigenvalue weighted by atomic mass is 9.84. The maximum Gasteiger partial charge on any atom is 0.0661 e. The van der Waals surface area contributed by atoms with Crippen LogP contribution < -0.4 is 5.73 Å². The van der Waals surface area contributed by atoms with Crippen molar-refractivity contribution in [1.29, 1.82) is 0 Å². The van der Waals surface area contributed by atoms with E-state index in [4.69, 9.17) is 10.5 Å². The molecule has 0 aliphatic rings. The molecule has 0 saturated heterocycles. The molecule has 0 bridgehead atoms. The third kappa shape index (κ3) is 5.78. The van der Waals surface area contributed by atoms with Crippen LogP contribution in [0.4, 0.5) is 0 Å². The Morgan fingerprint density at radius 2 is 1.68 bits per heavy atom. The van der Waals surface area contributed by atoms with Crippen LogP contribution in [0.5, 0.6) is 0 Å². The summed E-state index contributed by atoms with van der Waals surface area (Å²) >= 11 is 0. The number of rotatable bonds is 10. The lowest BCUT2D eigenvalue weighted by Crippen LogP contribution is -2.62. The van der Waals surface area contributed by atoms with Gasteiger partial charge in [-0.15, -0.1) is 0 Å². The fourth-order valence-electron chi connectivity index (χ4n) is 2.55. The van der Waals surface area contributed by atoms with Gasteiger partial charge in [-0.2, -0.15) is 0 Å². The van der Waals surface area contributed by atoms with E-state index in [1.807, 2.05) is 0 Å². The summed E-state index contributed by atoms with van der Waals surface area (Å²) in [4.78, 5) is 4.76. The lowest BCUT2D eigenvalue weighted by molar-refractivity contribution is -0.0246. The molecule has 0 aliphatic heterocycles. The molecule has 1 atom stereocenters. The average molecular weight is 273 g/mol. The van der Waals surface area contributed by atoms with Crippen molar-refractivity contribution in [1.82, 2.24) is 9.80 Å². The van der Waals surface area contributed by atoms with E-state index in [0.29, 0.717) is 25.0 Å². The molecule has 0 saturated carbocycles. The Kier molecular flexibility index (Phi) is 8.83. The van der Waals surface area contributed by atoms with E-state index in [1.165, 1.54) is 0 Å². The normalized spacial score (nSPS) is 15.8. The molecule has 0 spiro atoms. The van der Waals surface area contributed by atoms with Gasteiger partial charge < -0.3 is 15.4 Å². The summed E-state index contributed by atoms with van der Waals surface area (Å²) in [5.41, 5.74) is 6.08. The minimum absolute atomic E-state index is 0.0605. The molecule has 1 unspecified atom stereocenters. The van der Waals surface area contributed by atoms with Crippen LogP contribution in [0.1, 0.15) is 27.7 Å². The highest BCUT2D eigenvalue weighted by Gasteiger charge is 2.38. The van der Waals surface area contributed by atoms with Gasteiger partial charge >= 0.3 is 0 Å². The molecule has 4 heteroatoms. The molecule has 0 aromatic rings. The second-order valence-electron chi connectivity index (χ2n) is 6.54. The smallest absolute Gasteiger partial charge is 0.0661 e. The number of likely N-dealkylation sites (N-methyl/N-ethyl adjacent to an activating group) is 1. The topological polar surface area (TPSA) is 41.7 Å². The molecular formula is C15H35N3O. The Morgan fingerprint density at radius 3 is 2.00 bits per heavy atom. The van der Waals surface area contributed by atoms with Crippen LogP contribution in [-0.4, -0.2) is 69.3 Å². The zero-order valence-corrected chi connectivity index (χ0v) is 14.1. The molecule has 2 N–H and O–H groups in total. The predicted molar refractivity (Wildman–Crippen MR) is 83.5 cm³/mol. The number of hydrogen-bond acceptors (Lipinski definition) is 4. The van der Waals surface area contributed by atoms with Crippen molar-refractivity contribution >= 4 is 0 Å². The first kappa shape index (κ1) is 18.8. The highest BCUT2D eigenvalue weighted by atomic mass is 16.5. The van der Waals surface area contributed by atoms with Crippen LogP contribution in [0.25, 0.3) is 0 Å². The third-order valence-corrected chi connectivity index (χ3v) is 3.85. The number of methoxy groups -OCH3 is 1. The maximum absolute atomic E-state index is 6.14. The first-order chi connectivity index (χ1) is 8.80. The van der Waals surface area contributed by atoms with Gasteiger partial charge in [0.15, 0.2) is 0 Å². The van der Waals surface area contributed by atoms with Crippen LogP contribution in [0, 0.1) is 11.8 Å². The van der Waals surface area contributed by atoms with Crippen molar-refractivity contribution in [2.45, 2.75) is 33.2 Å². The maximum atomic E-state index is 6.14. The first-order valence-electron chi connectivity index (χ1n) is 7.39. The minimum Gasteiger partial charge on any atom is -0.383 e. The third-order valence-electron chi connectivity index (χ3n) is 3.85. The Balaban J connectivity index is 5.09. The SMILES string of the molecule is COCC(CN)(C(C)C)N(CCN(C)C)CC(C)C. The molecule has 19 heavy (non-hydrogen) atoms. The summed E-state index contributed by atoms with van der Waals surface area (Å²) in [6.07, 6.45) is 0. The van der Waals surface area contributed by atoms with E-state index < -0.39 is 0 Å². The fourth-order valence-corrected chi connectivity index (χ4v) is 2.55.